The average Bonchev–Trinajstić information content (AvgIpc) is 2.30. The van der Waals surface area contributed by atoms with Crippen molar-refractivity contribution >= 4 is 45.2 Å². The van der Waals surface area contributed by atoms with Crippen molar-refractivity contribution in [3.8, 4) is 11.5 Å². The van der Waals surface area contributed by atoms with Crippen molar-refractivity contribution in [2.75, 3.05) is 9.23 Å². The lowest BCUT2D eigenvalue weighted by atomic mass is 10.0. The Balaban J connectivity index is 3.05. The van der Waals surface area contributed by atoms with E-state index in [1.165, 1.54) is 0 Å². The van der Waals surface area contributed by atoms with E-state index >= 15 is 0 Å². The number of alkyl halides is 2. The minimum absolute atomic E-state index is 0.360. The van der Waals surface area contributed by atoms with Crippen LogP contribution in [0.5, 0.6) is 11.5 Å². The van der Waals surface area contributed by atoms with E-state index < -0.39 is 6.10 Å². The van der Waals surface area contributed by atoms with Crippen LogP contribution in [-0.2, 0) is 0 Å². The minimum atomic E-state index is -0.759. The number of benzene rings is 1. The maximum absolute atomic E-state index is 10.0. The van der Waals surface area contributed by atoms with E-state index in [1.807, 2.05) is 6.07 Å². The second-order valence-electron chi connectivity index (χ2n) is 3.51. The summed E-state index contributed by atoms with van der Waals surface area (Å²) in [6.07, 6.45) is -0.759. The van der Waals surface area contributed by atoms with Crippen molar-refractivity contribution in [2.24, 2.45) is 5.73 Å². The lowest BCUT2D eigenvalue weighted by Gasteiger charge is -2.19. The first-order chi connectivity index (χ1) is 8.10. The first-order valence-corrected chi connectivity index (χ1v) is 8.10. The Morgan fingerprint density at radius 2 is 1.94 bits per heavy atom. The Morgan fingerprint density at radius 3 is 2.47 bits per heavy atom. The maximum Gasteiger partial charge on any atom is 0.139 e. The second-order valence-corrected chi connectivity index (χ2v) is 4.76. The maximum atomic E-state index is 10.0. The van der Waals surface area contributed by atoms with Gasteiger partial charge >= 0.3 is 0 Å². The van der Waals surface area contributed by atoms with Crippen molar-refractivity contribution in [1.29, 1.82) is 0 Å². The monoisotopic (exact) mass is 463 g/mol. The molecule has 0 saturated heterocycles. The minimum Gasteiger partial charge on any atom is -0.483 e. The summed E-state index contributed by atoms with van der Waals surface area (Å²) in [5.74, 6) is 1.35. The SMILES string of the molecule is C[C@H](N)[C@H](O)c1cc(OCI)ccc1OCI. The molecule has 0 aromatic heterocycles. The molecule has 1 aromatic rings. The zero-order chi connectivity index (χ0) is 12.8. The third kappa shape index (κ3) is 4.42. The molecule has 0 aliphatic rings. The Labute approximate surface area is 128 Å². The van der Waals surface area contributed by atoms with E-state index in [9.17, 15) is 5.11 Å². The summed E-state index contributed by atoms with van der Waals surface area (Å²) < 4.78 is 11.9. The second kappa shape index (κ2) is 7.59. The molecule has 0 fully saturated rings. The summed E-state index contributed by atoms with van der Waals surface area (Å²) in [6.45, 7) is 1.75. The molecule has 17 heavy (non-hydrogen) atoms. The van der Waals surface area contributed by atoms with Gasteiger partial charge in [0.05, 0.1) is 6.10 Å². The summed E-state index contributed by atoms with van der Waals surface area (Å²) in [6, 6.07) is 5.02. The van der Waals surface area contributed by atoms with E-state index in [2.05, 4.69) is 45.2 Å². The van der Waals surface area contributed by atoms with Crippen LogP contribution in [0, 0.1) is 0 Å². The molecule has 0 amide bonds. The highest BCUT2D eigenvalue weighted by Crippen LogP contribution is 2.31. The van der Waals surface area contributed by atoms with E-state index in [0.29, 0.717) is 26.3 Å². The van der Waals surface area contributed by atoms with E-state index in [-0.39, 0.29) is 6.04 Å². The lowest BCUT2D eigenvalue weighted by Crippen LogP contribution is -2.24. The summed E-state index contributed by atoms with van der Waals surface area (Å²) >= 11 is 4.22. The van der Waals surface area contributed by atoms with Gasteiger partial charge in [-0.3, -0.25) is 0 Å². The molecule has 4 nitrogen and oxygen atoms in total. The van der Waals surface area contributed by atoms with Crippen molar-refractivity contribution < 1.29 is 14.6 Å². The number of rotatable bonds is 6. The molecule has 0 aliphatic carbocycles. The molecule has 1 rings (SSSR count). The highest BCUT2D eigenvalue weighted by molar-refractivity contribution is 14.1. The van der Waals surface area contributed by atoms with Crippen molar-refractivity contribution in [3.63, 3.8) is 0 Å². The average molecular weight is 463 g/mol. The van der Waals surface area contributed by atoms with Gasteiger partial charge < -0.3 is 20.3 Å². The van der Waals surface area contributed by atoms with Gasteiger partial charge in [-0.05, 0) is 70.3 Å². The van der Waals surface area contributed by atoms with Gasteiger partial charge in [-0.25, -0.2) is 0 Å². The molecule has 0 spiro atoms. The third-order valence-electron chi connectivity index (χ3n) is 2.23. The number of ether oxygens (including phenoxy) is 2. The van der Waals surface area contributed by atoms with Gasteiger partial charge in [-0.1, -0.05) is 0 Å². The molecule has 0 aliphatic heterocycles. The fourth-order valence-electron chi connectivity index (χ4n) is 1.38. The normalized spacial score (nSPS) is 14.2. The Kier molecular flexibility index (Phi) is 6.82. The van der Waals surface area contributed by atoms with E-state index in [4.69, 9.17) is 15.2 Å². The van der Waals surface area contributed by atoms with Gasteiger partial charge in [0, 0.05) is 11.6 Å². The van der Waals surface area contributed by atoms with Crippen LogP contribution in [0.4, 0.5) is 0 Å². The topological polar surface area (TPSA) is 64.7 Å². The first-order valence-electron chi connectivity index (χ1n) is 5.05. The van der Waals surface area contributed by atoms with Gasteiger partial charge in [0.2, 0.25) is 0 Å². The molecule has 3 N–H and O–H groups in total. The number of aliphatic hydroxyl groups excluding tert-OH is 1. The summed E-state index contributed by atoms with van der Waals surface area (Å²) in [7, 11) is 0. The number of hydrogen-bond donors (Lipinski definition) is 2. The van der Waals surface area contributed by atoms with Crippen molar-refractivity contribution in [3.05, 3.63) is 23.8 Å². The van der Waals surface area contributed by atoms with Crippen LogP contribution in [0.3, 0.4) is 0 Å². The molecule has 0 unspecified atom stereocenters. The van der Waals surface area contributed by atoms with E-state index in [0.717, 1.165) is 0 Å². The van der Waals surface area contributed by atoms with Gasteiger partial charge in [0.1, 0.15) is 20.7 Å². The predicted octanol–water partition coefficient (Wildman–Crippen LogP) is 2.61. The standard InChI is InChI=1S/C11H15I2NO3/c1-7(14)11(15)9-4-8(16-5-12)2-3-10(9)17-6-13/h2-4,7,11,15H,5-6,14H2,1H3/t7-,11-/m0/s1. The highest BCUT2D eigenvalue weighted by atomic mass is 127. The van der Waals surface area contributed by atoms with Crippen LogP contribution < -0.4 is 15.2 Å². The highest BCUT2D eigenvalue weighted by Gasteiger charge is 2.18. The molecular formula is C11H15I2NO3. The molecule has 0 radical (unpaired) electrons. The summed E-state index contributed by atoms with van der Waals surface area (Å²) in [4.78, 5) is 0. The lowest BCUT2D eigenvalue weighted by molar-refractivity contribution is 0.149. The molecule has 0 saturated carbocycles. The predicted molar refractivity (Wildman–Crippen MR) is 84.1 cm³/mol. The Bertz CT molecular complexity index is 361. The Hall–Kier alpha value is 0.200. The van der Waals surface area contributed by atoms with Crippen LogP contribution in [0.25, 0.3) is 0 Å². The van der Waals surface area contributed by atoms with Crippen LogP contribution in [0.15, 0.2) is 18.2 Å². The van der Waals surface area contributed by atoms with Gasteiger partial charge in [0.25, 0.3) is 0 Å². The largest absolute Gasteiger partial charge is 0.483 e. The molecule has 0 bridgehead atoms. The summed E-state index contributed by atoms with van der Waals surface area (Å²) in [5.41, 5.74) is 6.37. The van der Waals surface area contributed by atoms with Gasteiger partial charge in [-0.15, -0.1) is 0 Å². The van der Waals surface area contributed by atoms with Crippen LogP contribution in [0.1, 0.15) is 18.6 Å². The fourth-order valence-corrected chi connectivity index (χ4v) is 2.08. The summed E-state index contributed by atoms with van der Waals surface area (Å²) in [5, 5.41) is 10.0. The number of hydrogen-bond acceptors (Lipinski definition) is 4. The molecule has 96 valence electrons. The van der Waals surface area contributed by atoms with Crippen LogP contribution >= 0.6 is 45.2 Å². The zero-order valence-corrected chi connectivity index (χ0v) is 13.7. The van der Waals surface area contributed by atoms with Crippen molar-refractivity contribution in [1.82, 2.24) is 0 Å². The van der Waals surface area contributed by atoms with Gasteiger partial charge in [0.15, 0.2) is 0 Å². The van der Waals surface area contributed by atoms with Gasteiger partial charge in [-0.2, -0.15) is 0 Å². The number of nitrogens with two attached hydrogens (primary N) is 1. The van der Waals surface area contributed by atoms with E-state index in [1.54, 1.807) is 19.1 Å². The van der Waals surface area contributed by atoms with Crippen LogP contribution in [-0.4, -0.2) is 20.4 Å². The molecule has 2 atom stereocenters. The Morgan fingerprint density at radius 1 is 1.29 bits per heavy atom. The molecule has 0 heterocycles. The molecule has 6 heteroatoms. The zero-order valence-electron chi connectivity index (χ0n) is 9.40. The molecular weight excluding hydrogens is 448 g/mol. The van der Waals surface area contributed by atoms with Crippen LogP contribution in [0.2, 0.25) is 0 Å². The van der Waals surface area contributed by atoms with Crippen molar-refractivity contribution in [2.45, 2.75) is 19.1 Å². The number of halogens is 2. The first kappa shape index (κ1) is 15.3. The fraction of sp³-hybridized carbons (Fsp3) is 0.455. The number of aliphatic hydroxyl groups is 1. The quantitative estimate of drug-likeness (QED) is 0.504. The molecule has 1 aromatic carbocycles. The third-order valence-corrected chi connectivity index (χ3v) is 2.85. The smallest absolute Gasteiger partial charge is 0.139 e.